The molecule has 2 rings (SSSR count). The fraction of sp³-hybridized carbons (Fsp3) is 0.0833. The second kappa shape index (κ2) is 5.68. The van der Waals surface area contributed by atoms with Gasteiger partial charge in [-0.05, 0) is 46.3 Å². The number of benzene rings is 1. The second-order valence-corrected chi connectivity index (χ2v) is 6.35. The van der Waals surface area contributed by atoms with E-state index in [4.69, 9.17) is 10.5 Å². The summed E-state index contributed by atoms with van der Waals surface area (Å²) < 4.78 is 32.7. The number of hydrogen-bond donors (Lipinski definition) is 2. The Morgan fingerprint density at radius 2 is 2.05 bits per heavy atom. The van der Waals surface area contributed by atoms with Gasteiger partial charge in [-0.25, -0.2) is 13.4 Å². The molecule has 8 heteroatoms. The molecular formula is C12H12BrN3O3S. The quantitative estimate of drug-likeness (QED) is 0.646. The minimum absolute atomic E-state index is 0.0251. The van der Waals surface area contributed by atoms with Crippen molar-refractivity contribution in [1.29, 1.82) is 0 Å². The molecule has 0 saturated heterocycles. The molecule has 1 aromatic carbocycles. The Morgan fingerprint density at radius 3 is 2.65 bits per heavy atom. The van der Waals surface area contributed by atoms with Crippen LogP contribution in [-0.2, 0) is 10.0 Å². The summed E-state index contributed by atoms with van der Waals surface area (Å²) in [6, 6.07) is 7.64. The molecule has 6 nitrogen and oxygen atoms in total. The van der Waals surface area contributed by atoms with Crippen molar-refractivity contribution in [3.8, 4) is 5.75 Å². The molecule has 0 aliphatic heterocycles. The van der Waals surface area contributed by atoms with E-state index in [0.717, 1.165) is 0 Å². The van der Waals surface area contributed by atoms with Gasteiger partial charge in [-0.2, -0.15) is 0 Å². The molecule has 0 saturated carbocycles. The van der Waals surface area contributed by atoms with Crippen LogP contribution >= 0.6 is 15.9 Å². The standard InChI is InChI=1S/C12H12BrN3O3S/c1-19-10-4-2-8(14)6-11(10)20(17,18)16-9-3-5-12(13)15-7-9/h2-7,16H,14H2,1H3. The number of nitrogens with zero attached hydrogens (tertiary/aromatic N) is 1. The first-order valence-corrected chi connectivity index (χ1v) is 7.78. The zero-order chi connectivity index (χ0) is 14.8. The number of nitrogen functional groups attached to an aromatic ring is 1. The molecule has 1 aromatic heterocycles. The number of pyridine rings is 1. The summed E-state index contributed by atoms with van der Waals surface area (Å²) in [4.78, 5) is 3.93. The van der Waals surface area contributed by atoms with Gasteiger partial charge in [-0.1, -0.05) is 0 Å². The average Bonchev–Trinajstić information content (AvgIpc) is 2.41. The van der Waals surface area contributed by atoms with Gasteiger partial charge in [-0.3, -0.25) is 4.72 Å². The van der Waals surface area contributed by atoms with Gasteiger partial charge in [0.15, 0.2) is 0 Å². The van der Waals surface area contributed by atoms with E-state index < -0.39 is 10.0 Å². The minimum Gasteiger partial charge on any atom is -0.495 e. The Morgan fingerprint density at radius 1 is 1.30 bits per heavy atom. The lowest BCUT2D eigenvalue weighted by molar-refractivity contribution is 0.403. The van der Waals surface area contributed by atoms with E-state index in [-0.39, 0.29) is 10.6 Å². The van der Waals surface area contributed by atoms with Crippen LogP contribution in [0.2, 0.25) is 0 Å². The molecule has 1 heterocycles. The lowest BCUT2D eigenvalue weighted by Gasteiger charge is -2.12. The second-order valence-electron chi connectivity index (χ2n) is 3.89. The van der Waals surface area contributed by atoms with Gasteiger partial charge in [0.05, 0.1) is 19.0 Å². The van der Waals surface area contributed by atoms with E-state index in [1.807, 2.05) is 0 Å². The number of hydrogen-bond acceptors (Lipinski definition) is 5. The highest BCUT2D eigenvalue weighted by Gasteiger charge is 2.20. The van der Waals surface area contributed by atoms with Crippen molar-refractivity contribution in [2.24, 2.45) is 0 Å². The fourth-order valence-electron chi connectivity index (χ4n) is 1.55. The predicted molar refractivity (Wildman–Crippen MR) is 80.2 cm³/mol. The average molecular weight is 358 g/mol. The van der Waals surface area contributed by atoms with Gasteiger partial charge < -0.3 is 10.5 Å². The maximum atomic E-state index is 12.3. The molecular weight excluding hydrogens is 346 g/mol. The number of anilines is 2. The molecule has 0 aliphatic carbocycles. The third-order valence-corrected chi connectivity index (χ3v) is 4.33. The van der Waals surface area contributed by atoms with Crippen molar-refractivity contribution in [2.75, 3.05) is 17.6 Å². The molecule has 20 heavy (non-hydrogen) atoms. The van der Waals surface area contributed by atoms with E-state index >= 15 is 0 Å². The van der Waals surface area contributed by atoms with E-state index in [1.54, 1.807) is 18.2 Å². The van der Waals surface area contributed by atoms with Crippen LogP contribution in [0.15, 0.2) is 46.0 Å². The number of aromatic nitrogens is 1. The number of halogens is 1. The van der Waals surface area contributed by atoms with Crippen LogP contribution in [0.5, 0.6) is 5.75 Å². The topological polar surface area (TPSA) is 94.3 Å². The SMILES string of the molecule is COc1ccc(N)cc1S(=O)(=O)Nc1ccc(Br)nc1. The van der Waals surface area contributed by atoms with E-state index in [2.05, 4.69) is 25.6 Å². The molecule has 0 unspecified atom stereocenters. The van der Waals surface area contributed by atoms with E-state index in [9.17, 15) is 8.42 Å². The largest absolute Gasteiger partial charge is 0.495 e. The number of sulfonamides is 1. The van der Waals surface area contributed by atoms with Crippen molar-refractivity contribution < 1.29 is 13.2 Å². The normalized spacial score (nSPS) is 11.1. The van der Waals surface area contributed by atoms with E-state index in [1.165, 1.54) is 25.4 Å². The first-order chi connectivity index (χ1) is 9.42. The summed E-state index contributed by atoms with van der Waals surface area (Å²) in [5.74, 6) is 0.219. The Labute approximate surface area is 125 Å². The molecule has 106 valence electrons. The van der Waals surface area contributed by atoms with Gasteiger partial charge in [0.1, 0.15) is 15.2 Å². The van der Waals surface area contributed by atoms with Crippen LogP contribution in [0.1, 0.15) is 0 Å². The number of rotatable bonds is 4. The molecule has 3 N–H and O–H groups in total. The zero-order valence-corrected chi connectivity index (χ0v) is 12.9. The summed E-state index contributed by atoms with van der Waals surface area (Å²) in [6.07, 6.45) is 1.40. The van der Waals surface area contributed by atoms with Gasteiger partial charge in [-0.15, -0.1) is 0 Å². The maximum Gasteiger partial charge on any atom is 0.265 e. The lowest BCUT2D eigenvalue weighted by Crippen LogP contribution is -2.14. The summed E-state index contributed by atoms with van der Waals surface area (Å²) in [5.41, 5.74) is 6.30. The summed E-state index contributed by atoms with van der Waals surface area (Å²) >= 11 is 3.18. The number of nitrogens with one attached hydrogen (secondary N) is 1. The molecule has 0 radical (unpaired) electrons. The zero-order valence-electron chi connectivity index (χ0n) is 10.5. The molecule has 0 spiro atoms. The van der Waals surface area contributed by atoms with Crippen molar-refractivity contribution in [3.63, 3.8) is 0 Å². The van der Waals surface area contributed by atoms with Crippen molar-refractivity contribution in [1.82, 2.24) is 4.98 Å². The summed E-state index contributed by atoms with van der Waals surface area (Å²) in [7, 11) is -2.41. The van der Waals surface area contributed by atoms with Gasteiger partial charge >= 0.3 is 0 Å². The van der Waals surface area contributed by atoms with Crippen LogP contribution in [-0.4, -0.2) is 20.5 Å². The van der Waals surface area contributed by atoms with Crippen LogP contribution in [0.25, 0.3) is 0 Å². The molecule has 0 bridgehead atoms. The fourth-order valence-corrected chi connectivity index (χ4v) is 3.03. The van der Waals surface area contributed by atoms with Crippen molar-refractivity contribution in [3.05, 3.63) is 41.1 Å². The van der Waals surface area contributed by atoms with Crippen LogP contribution < -0.4 is 15.2 Å². The highest BCUT2D eigenvalue weighted by molar-refractivity contribution is 9.10. The van der Waals surface area contributed by atoms with Crippen molar-refractivity contribution >= 4 is 37.3 Å². The first-order valence-electron chi connectivity index (χ1n) is 5.50. The Balaban J connectivity index is 2.40. The summed E-state index contributed by atoms with van der Waals surface area (Å²) in [5, 5.41) is 0. The van der Waals surface area contributed by atoms with Gasteiger partial charge in [0, 0.05) is 5.69 Å². The van der Waals surface area contributed by atoms with Gasteiger partial charge in [0.25, 0.3) is 10.0 Å². The molecule has 0 atom stereocenters. The van der Waals surface area contributed by atoms with Gasteiger partial charge in [0.2, 0.25) is 0 Å². The highest BCUT2D eigenvalue weighted by atomic mass is 79.9. The number of methoxy groups -OCH3 is 1. The Hall–Kier alpha value is -1.80. The molecule has 2 aromatic rings. The predicted octanol–water partition coefficient (Wildman–Crippen LogP) is 2.24. The molecule has 0 fully saturated rings. The Bertz CT molecular complexity index is 717. The first kappa shape index (κ1) is 14.6. The maximum absolute atomic E-state index is 12.3. The lowest BCUT2D eigenvalue weighted by atomic mass is 10.3. The Kier molecular flexibility index (Phi) is 4.15. The third-order valence-electron chi connectivity index (χ3n) is 2.46. The number of nitrogens with two attached hydrogens (primary N) is 1. The van der Waals surface area contributed by atoms with Crippen LogP contribution in [0.3, 0.4) is 0 Å². The monoisotopic (exact) mass is 357 g/mol. The highest BCUT2D eigenvalue weighted by Crippen LogP contribution is 2.27. The van der Waals surface area contributed by atoms with Crippen molar-refractivity contribution in [2.45, 2.75) is 4.90 Å². The smallest absolute Gasteiger partial charge is 0.265 e. The molecule has 0 aliphatic rings. The van der Waals surface area contributed by atoms with Crippen LogP contribution in [0, 0.1) is 0 Å². The van der Waals surface area contributed by atoms with E-state index in [0.29, 0.717) is 16.0 Å². The number of ether oxygens (including phenoxy) is 1. The third kappa shape index (κ3) is 3.20. The van der Waals surface area contributed by atoms with Crippen LogP contribution in [0.4, 0.5) is 11.4 Å². The summed E-state index contributed by atoms with van der Waals surface area (Å²) in [6.45, 7) is 0. The molecule has 0 amide bonds. The minimum atomic E-state index is -3.80.